The number of aryl methyl sites for hydroxylation is 2. The van der Waals surface area contributed by atoms with Crippen molar-refractivity contribution in [2.45, 2.75) is 39.5 Å². The van der Waals surface area contributed by atoms with Crippen LogP contribution in [0.5, 0.6) is 0 Å². The molecule has 1 aromatic carbocycles. The first kappa shape index (κ1) is 23.8. The Morgan fingerprint density at radius 2 is 1.84 bits per heavy atom. The van der Waals surface area contributed by atoms with E-state index in [9.17, 15) is 8.78 Å². The van der Waals surface area contributed by atoms with Gasteiger partial charge in [0.1, 0.15) is 28.9 Å². The van der Waals surface area contributed by atoms with Crippen molar-refractivity contribution in [2.24, 2.45) is 5.92 Å². The average molecular weight is 508 g/mol. The highest BCUT2D eigenvalue weighted by molar-refractivity contribution is 5.88. The van der Waals surface area contributed by atoms with Crippen LogP contribution in [0.2, 0.25) is 0 Å². The number of fused-ring (bicyclic) bond motifs is 1. The monoisotopic (exact) mass is 507 g/mol. The second kappa shape index (κ2) is 9.38. The highest BCUT2D eigenvalue weighted by Gasteiger charge is 2.31. The van der Waals surface area contributed by atoms with Gasteiger partial charge >= 0.3 is 0 Å². The Labute approximate surface area is 212 Å². The van der Waals surface area contributed by atoms with Crippen LogP contribution in [0.15, 0.2) is 30.6 Å². The molecule has 0 bridgehead atoms. The molecule has 3 aromatic heterocycles. The number of hydrogen-bond acceptors (Lipinski definition) is 8. The van der Waals surface area contributed by atoms with Gasteiger partial charge in [0.2, 0.25) is 5.95 Å². The van der Waals surface area contributed by atoms with E-state index in [0.29, 0.717) is 41.8 Å². The molecule has 192 valence electrons. The zero-order chi connectivity index (χ0) is 25.7. The molecule has 0 N–H and O–H groups in total. The van der Waals surface area contributed by atoms with Crippen LogP contribution in [0.3, 0.4) is 0 Å². The Bertz CT molecular complexity index is 1470. The molecule has 0 unspecified atom stereocenters. The van der Waals surface area contributed by atoms with E-state index in [1.54, 1.807) is 0 Å². The Balaban J connectivity index is 1.37. The molecule has 9 nitrogen and oxygen atoms in total. The molecule has 11 heteroatoms. The number of morpholine rings is 1. The molecule has 37 heavy (non-hydrogen) atoms. The van der Waals surface area contributed by atoms with Crippen LogP contribution in [0.25, 0.3) is 22.4 Å². The van der Waals surface area contributed by atoms with Crippen LogP contribution in [0.1, 0.15) is 30.0 Å². The molecule has 0 aliphatic carbocycles. The highest BCUT2D eigenvalue weighted by atomic mass is 19.1. The van der Waals surface area contributed by atoms with E-state index < -0.39 is 11.6 Å². The quantitative estimate of drug-likeness (QED) is 0.403. The smallest absolute Gasteiger partial charge is 0.228 e. The van der Waals surface area contributed by atoms with Gasteiger partial charge in [-0.05, 0) is 32.9 Å². The third-order valence-electron chi connectivity index (χ3n) is 6.84. The Morgan fingerprint density at radius 1 is 1.03 bits per heavy atom. The maximum absolute atomic E-state index is 14.9. The maximum Gasteiger partial charge on any atom is 0.228 e. The molecule has 0 radical (unpaired) electrons. The van der Waals surface area contributed by atoms with Crippen LogP contribution in [-0.4, -0.2) is 62.1 Å². The van der Waals surface area contributed by atoms with Crippen molar-refractivity contribution in [1.29, 1.82) is 0 Å². The van der Waals surface area contributed by atoms with Gasteiger partial charge in [0.05, 0.1) is 43.4 Å². The molecule has 0 spiro atoms. The molecule has 2 fully saturated rings. The summed E-state index contributed by atoms with van der Waals surface area (Å²) in [5.41, 5.74) is 3.53. The van der Waals surface area contributed by atoms with E-state index in [1.807, 2.05) is 42.7 Å². The van der Waals surface area contributed by atoms with Crippen LogP contribution in [0.4, 0.5) is 14.7 Å². The van der Waals surface area contributed by atoms with Gasteiger partial charge in [-0.2, -0.15) is 10.1 Å². The summed E-state index contributed by atoms with van der Waals surface area (Å²) in [5.74, 6) is -0.500. The van der Waals surface area contributed by atoms with Crippen molar-refractivity contribution in [3.05, 3.63) is 59.2 Å². The fraction of sp³-hybridized carbons (Fsp3) is 0.423. The van der Waals surface area contributed by atoms with Crippen LogP contribution in [-0.2, 0) is 16.0 Å². The van der Waals surface area contributed by atoms with Crippen molar-refractivity contribution in [2.75, 3.05) is 31.2 Å². The molecule has 2 atom stereocenters. The van der Waals surface area contributed by atoms with Gasteiger partial charge in [0.15, 0.2) is 5.65 Å². The number of ether oxygens (including phenoxy) is 2. The van der Waals surface area contributed by atoms with E-state index in [1.165, 1.54) is 12.1 Å². The minimum Gasteiger partial charge on any atom is -0.381 e. The lowest BCUT2D eigenvalue weighted by molar-refractivity contribution is -0.0409. The minimum atomic E-state index is -0.719. The molecule has 0 saturated carbocycles. The molecule has 2 aliphatic rings. The highest BCUT2D eigenvalue weighted by Crippen LogP contribution is 2.32. The Kier molecular flexibility index (Phi) is 6.04. The minimum absolute atomic E-state index is 0.113. The molecule has 0 amide bonds. The number of rotatable bonds is 5. The van der Waals surface area contributed by atoms with Crippen molar-refractivity contribution in [3.8, 4) is 11.3 Å². The number of nitrogens with zero attached hydrogens (tertiary/aromatic N) is 7. The topological polar surface area (TPSA) is 91.1 Å². The third kappa shape index (κ3) is 4.64. The van der Waals surface area contributed by atoms with Crippen LogP contribution < -0.4 is 4.90 Å². The number of benzene rings is 1. The lowest BCUT2D eigenvalue weighted by atomic mass is 10.1. The van der Waals surface area contributed by atoms with Crippen LogP contribution >= 0.6 is 0 Å². The van der Waals surface area contributed by atoms with E-state index >= 15 is 0 Å². The standard InChI is InChI=1S/C26H27F2N7O2/c1-14-8-34(11-22(37-14)18-7-29-35(10-18)9-17-12-36-13-17)26-32-23(20-5-4-19(27)6-21(20)28)24-25(33-26)31-16(3)15(2)30-24/h4-7,10,14,17,22H,8-9,11-13H2,1-3H3/t14-,22-/m0/s1. The molecular formula is C26H27F2N7O2. The van der Waals surface area contributed by atoms with E-state index in [4.69, 9.17) is 19.4 Å². The summed E-state index contributed by atoms with van der Waals surface area (Å²) in [6.45, 7) is 9.02. The van der Waals surface area contributed by atoms with Gasteiger partial charge in [-0.15, -0.1) is 0 Å². The van der Waals surface area contributed by atoms with E-state index in [-0.39, 0.29) is 23.5 Å². The summed E-state index contributed by atoms with van der Waals surface area (Å²) in [5, 5.41) is 4.51. The predicted molar refractivity (Wildman–Crippen MR) is 132 cm³/mol. The Morgan fingerprint density at radius 3 is 2.59 bits per heavy atom. The first-order valence-corrected chi connectivity index (χ1v) is 12.3. The van der Waals surface area contributed by atoms with Gasteiger partial charge in [-0.1, -0.05) is 0 Å². The predicted octanol–water partition coefficient (Wildman–Crippen LogP) is 3.79. The first-order chi connectivity index (χ1) is 17.8. The summed E-state index contributed by atoms with van der Waals surface area (Å²) in [4.78, 5) is 20.7. The maximum atomic E-state index is 14.9. The van der Waals surface area contributed by atoms with Gasteiger partial charge in [-0.3, -0.25) is 4.68 Å². The molecule has 4 aromatic rings. The summed E-state index contributed by atoms with van der Waals surface area (Å²) >= 11 is 0. The average Bonchev–Trinajstić information content (AvgIpc) is 3.30. The normalized spacial score (nSPS) is 20.4. The molecule has 6 rings (SSSR count). The van der Waals surface area contributed by atoms with Gasteiger partial charge < -0.3 is 14.4 Å². The summed E-state index contributed by atoms with van der Waals surface area (Å²) in [6.07, 6.45) is 3.49. The largest absolute Gasteiger partial charge is 0.381 e. The molecule has 2 saturated heterocycles. The van der Waals surface area contributed by atoms with Crippen molar-refractivity contribution in [1.82, 2.24) is 29.7 Å². The number of halogens is 2. The molecular weight excluding hydrogens is 480 g/mol. The van der Waals surface area contributed by atoms with Crippen LogP contribution in [0, 0.1) is 31.4 Å². The van der Waals surface area contributed by atoms with Gasteiger partial charge in [-0.25, -0.2) is 23.7 Å². The van der Waals surface area contributed by atoms with Crippen molar-refractivity contribution >= 4 is 17.1 Å². The zero-order valence-corrected chi connectivity index (χ0v) is 20.9. The SMILES string of the molecule is Cc1nc2nc(N3C[C@@H](c4cnn(CC5COC5)c4)O[C@@H](C)C3)nc(-c3ccc(F)cc3F)c2nc1C. The third-order valence-corrected chi connectivity index (χ3v) is 6.84. The summed E-state index contributed by atoms with van der Waals surface area (Å²) in [7, 11) is 0. The lowest BCUT2D eigenvalue weighted by Gasteiger charge is -2.36. The molecule has 2 aliphatic heterocycles. The van der Waals surface area contributed by atoms with Gasteiger partial charge in [0.25, 0.3) is 0 Å². The second-order valence-corrected chi connectivity index (χ2v) is 9.80. The zero-order valence-electron chi connectivity index (χ0n) is 20.9. The number of hydrogen-bond donors (Lipinski definition) is 0. The van der Waals surface area contributed by atoms with Crippen molar-refractivity contribution in [3.63, 3.8) is 0 Å². The van der Waals surface area contributed by atoms with E-state index in [0.717, 1.165) is 37.1 Å². The lowest BCUT2D eigenvalue weighted by Crippen LogP contribution is -2.43. The fourth-order valence-electron chi connectivity index (χ4n) is 4.71. The fourth-order valence-corrected chi connectivity index (χ4v) is 4.71. The molecule has 5 heterocycles. The first-order valence-electron chi connectivity index (χ1n) is 12.3. The summed E-state index contributed by atoms with van der Waals surface area (Å²) < 4.78 is 42.0. The van der Waals surface area contributed by atoms with Gasteiger partial charge in [0, 0.05) is 42.4 Å². The van der Waals surface area contributed by atoms with Crippen molar-refractivity contribution < 1.29 is 18.3 Å². The number of aromatic nitrogens is 6. The summed E-state index contributed by atoms with van der Waals surface area (Å²) in [6, 6.07) is 3.43. The second-order valence-electron chi connectivity index (χ2n) is 9.80. The number of anilines is 1. The van der Waals surface area contributed by atoms with E-state index in [2.05, 4.69) is 15.1 Å². The Hall–Kier alpha value is -3.57.